The molecule has 20 heavy (non-hydrogen) atoms. The molecule has 1 amide bonds. The molecule has 0 radical (unpaired) electrons. The molecule has 0 spiro atoms. The smallest absolute Gasteiger partial charge is 0.417 e. The van der Waals surface area contributed by atoms with Crippen molar-refractivity contribution < 1.29 is 27.9 Å². The third kappa shape index (κ3) is 2.79. The lowest BCUT2D eigenvalue weighted by Gasteiger charge is -2.18. The number of hydrogen-bond acceptors (Lipinski definition) is 2. The number of alkyl halides is 3. The Labute approximate surface area is 120 Å². The molecule has 1 aliphatic heterocycles. The quantitative estimate of drug-likeness (QED) is 0.891. The number of hydrogen-bond donors (Lipinski definition) is 1. The number of rotatable bonds is 2. The van der Waals surface area contributed by atoms with Crippen molar-refractivity contribution in [3.05, 3.63) is 28.2 Å². The normalized spacial score (nSPS) is 19.5. The second-order valence-corrected chi connectivity index (χ2v) is 5.26. The van der Waals surface area contributed by atoms with Gasteiger partial charge in [0.1, 0.15) is 0 Å². The van der Waals surface area contributed by atoms with Crippen molar-refractivity contribution in [1.82, 2.24) is 0 Å². The monoisotopic (exact) mass is 351 g/mol. The first kappa shape index (κ1) is 14.8. The van der Waals surface area contributed by atoms with E-state index in [-0.39, 0.29) is 23.1 Å². The van der Waals surface area contributed by atoms with Crippen LogP contribution in [0.2, 0.25) is 0 Å². The number of carboxylic acids is 1. The van der Waals surface area contributed by atoms with E-state index in [9.17, 15) is 22.8 Å². The predicted molar refractivity (Wildman–Crippen MR) is 67.2 cm³/mol. The highest BCUT2D eigenvalue weighted by Crippen LogP contribution is 2.37. The van der Waals surface area contributed by atoms with Crippen LogP contribution in [0.3, 0.4) is 0 Å². The fourth-order valence-corrected chi connectivity index (χ4v) is 2.62. The molecule has 1 N–H and O–H groups in total. The number of benzene rings is 1. The molecule has 1 fully saturated rings. The zero-order valence-electron chi connectivity index (χ0n) is 9.95. The molecule has 0 saturated carbocycles. The largest absolute Gasteiger partial charge is 0.481 e. The first-order chi connectivity index (χ1) is 9.20. The highest BCUT2D eigenvalue weighted by Gasteiger charge is 2.37. The standard InChI is InChI=1S/C12H9BrF3NO3/c13-9-4-7(1-2-8(9)12(14,15)16)17-5-6(11(19)20)3-10(17)18/h1-2,4,6H,3,5H2,(H,19,20). The lowest BCUT2D eigenvalue weighted by Crippen LogP contribution is -2.25. The SMILES string of the molecule is O=C(O)C1CC(=O)N(c2ccc(C(F)(F)F)c(Br)c2)C1. The molecule has 0 aromatic heterocycles. The Hall–Kier alpha value is -1.57. The lowest BCUT2D eigenvalue weighted by atomic mass is 10.1. The maximum Gasteiger partial charge on any atom is 0.417 e. The Bertz CT molecular complexity index is 574. The zero-order chi connectivity index (χ0) is 15.1. The molecule has 1 saturated heterocycles. The second-order valence-electron chi connectivity index (χ2n) is 4.41. The van der Waals surface area contributed by atoms with E-state index in [0.29, 0.717) is 0 Å². The number of carbonyl (C=O) groups is 2. The van der Waals surface area contributed by atoms with E-state index in [2.05, 4.69) is 15.9 Å². The van der Waals surface area contributed by atoms with Crippen molar-refractivity contribution in [2.24, 2.45) is 5.92 Å². The third-order valence-corrected chi connectivity index (χ3v) is 3.70. The van der Waals surface area contributed by atoms with E-state index < -0.39 is 29.5 Å². The minimum Gasteiger partial charge on any atom is -0.481 e. The minimum absolute atomic E-state index is 0.0357. The fraction of sp³-hybridized carbons (Fsp3) is 0.333. The molecule has 2 rings (SSSR count). The molecular formula is C12H9BrF3NO3. The summed E-state index contributed by atoms with van der Waals surface area (Å²) in [5.41, 5.74) is -0.596. The van der Waals surface area contributed by atoms with Crippen LogP contribution in [-0.4, -0.2) is 23.5 Å². The number of amides is 1. The minimum atomic E-state index is -4.49. The molecule has 108 valence electrons. The van der Waals surface area contributed by atoms with Crippen LogP contribution in [0.4, 0.5) is 18.9 Å². The Morgan fingerprint density at radius 3 is 2.50 bits per heavy atom. The molecular weight excluding hydrogens is 343 g/mol. The van der Waals surface area contributed by atoms with Crippen LogP contribution in [0.1, 0.15) is 12.0 Å². The molecule has 1 unspecified atom stereocenters. The van der Waals surface area contributed by atoms with Gasteiger partial charge in [-0.25, -0.2) is 0 Å². The van der Waals surface area contributed by atoms with Gasteiger partial charge in [-0.1, -0.05) is 15.9 Å². The first-order valence-corrected chi connectivity index (χ1v) is 6.39. The van der Waals surface area contributed by atoms with Gasteiger partial charge in [0, 0.05) is 23.1 Å². The zero-order valence-corrected chi connectivity index (χ0v) is 11.5. The van der Waals surface area contributed by atoms with Crippen molar-refractivity contribution in [3.63, 3.8) is 0 Å². The summed E-state index contributed by atoms with van der Waals surface area (Å²) in [4.78, 5) is 23.7. The van der Waals surface area contributed by atoms with Crippen LogP contribution < -0.4 is 4.90 Å². The number of halogens is 4. The van der Waals surface area contributed by atoms with Crippen molar-refractivity contribution in [2.75, 3.05) is 11.4 Å². The number of carbonyl (C=O) groups excluding carboxylic acids is 1. The van der Waals surface area contributed by atoms with Gasteiger partial charge < -0.3 is 10.0 Å². The average Bonchev–Trinajstić information content (AvgIpc) is 2.69. The summed E-state index contributed by atoms with van der Waals surface area (Å²) < 4.78 is 37.7. The third-order valence-electron chi connectivity index (χ3n) is 3.04. The van der Waals surface area contributed by atoms with Gasteiger partial charge in [0.25, 0.3) is 0 Å². The summed E-state index contributed by atoms with van der Waals surface area (Å²) in [6.45, 7) is -0.0357. The second kappa shape index (κ2) is 5.08. The van der Waals surface area contributed by atoms with Gasteiger partial charge in [0.05, 0.1) is 11.5 Å². The van der Waals surface area contributed by atoms with Crippen LogP contribution in [0.25, 0.3) is 0 Å². The van der Waals surface area contributed by atoms with Crippen LogP contribution in [0.15, 0.2) is 22.7 Å². The summed E-state index contributed by atoms with van der Waals surface area (Å²) in [6.07, 6.45) is -4.63. The van der Waals surface area contributed by atoms with E-state index in [1.807, 2.05) is 0 Å². The van der Waals surface area contributed by atoms with E-state index in [4.69, 9.17) is 5.11 Å². The summed E-state index contributed by atoms with van der Waals surface area (Å²) >= 11 is 2.82. The van der Waals surface area contributed by atoms with Crippen molar-refractivity contribution >= 4 is 33.5 Å². The van der Waals surface area contributed by atoms with Gasteiger partial charge in [-0.05, 0) is 18.2 Å². The fourth-order valence-electron chi connectivity index (χ4n) is 2.02. The Kier molecular flexibility index (Phi) is 3.77. The molecule has 1 aromatic carbocycles. The van der Waals surface area contributed by atoms with Crippen LogP contribution in [-0.2, 0) is 15.8 Å². The van der Waals surface area contributed by atoms with E-state index in [1.54, 1.807) is 0 Å². The lowest BCUT2D eigenvalue weighted by molar-refractivity contribution is -0.141. The number of anilines is 1. The molecule has 1 atom stereocenters. The van der Waals surface area contributed by atoms with Crippen molar-refractivity contribution in [3.8, 4) is 0 Å². The van der Waals surface area contributed by atoms with Crippen molar-refractivity contribution in [2.45, 2.75) is 12.6 Å². The number of carboxylic acid groups (broad SMARTS) is 1. The maximum atomic E-state index is 12.6. The van der Waals surface area contributed by atoms with Crippen LogP contribution >= 0.6 is 15.9 Å². The maximum absolute atomic E-state index is 12.6. The van der Waals surface area contributed by atoms with Gasteiger partial charge in [-0.15, -0.1) is 0 Å². The summed E-state index contributed by atoms with van der Waals surface area (Å²) in [7, 11) is 0. The molecule has 1 heterocycles. The number of nitrogens with zero attached hydrogens (tertiary/aromatic N) is 1. The van der Waals surface area contributed by atoms with Gasteiger partial charge in [0.15, 0.2) is 0 Å². The molecule has 1 aromatic rings. The molecule has 0 bridgehead atoms. The molecule has 4 nitrogen and oxygen atoms in total. The Balaban J connectivity index is 2.29. The van der Waals surface area contributed by atoms with Gasteiger partial charge in [-0.2, -0.15) is 13.2 Å². The summed E-state index contributed by atoms with van der Waals surface area (Å²) in [5, 5.41) is 8.86. The van der Waals surface area contributed by atoms with Crippen LogP contribution in [0, 0.1) is 5.92 Å². The Morgan fingerprint density at radius 2 is 2.05 bits per heavy atom. The molecule has 0 aliphatic carbocycles. The molecule has 8 heteroatoms. The van der Waals surface area contributed by atoms with Gasteiger partial charge >= 0.3 is 12.1 Å². The van der Waals surface area contributed by atoms with Crippen molar-refractivity contribution in [1.29, 1.82) is 0 Å². The Morgan fingerprint density at radius 1 is 1.40 bits per heavy atom. The van der Waals surface area contributed by atoms with E-state index >= 15 is 0 Å². The summed E-state index contributed by atoms with van der Waals surface area (Å²) in [5.74, 6) is -2.33. The van der Waals surface area contributed by atoms with Crippen LogP contribution in [0.5, 0.6) is 0 Å². The molecule has 1 aliphatic rings. The number of aliphatic carboxylic acids is 1. The first-order valence-electron chi connectivity index (χ1n) is 5.60. The van der Waals surface area contributed by atoms with Gasteiger partial charge in [0.2, 0.25) is 5.91 Å². The highest BCUT2D eigenvalue weighted by atomic mass is 79.9. The van der Waals surface area contributed by atoms with Gasteiger partial charge in [-0.3, -0.25) is 9.59 Å². The topological polar surface area (TPSA) is 57.6 Å². The summed E-state index contributed by atoms with van der Waals surface area (Å²) in [6, 6.07) is 3.20. The predicted octanol–water partition coefficient (Wildman–Crippen LogP) is 2.91. The van der Waals surface area contributed by atoms with E-state index in [1.165, 1.54) is 11.0 Å². The van der Waals surface area contributed by atoms with E-state index in [0.717, 1.165) is 12.1 Å². The average molecular weight is 352 g/mol. The highest BCUT2D eigenvalue weighted by molar-refractivity contribution is 9.10.